The second-order valence-corrected chi connectivity index (χ2v) is 30.8. The predicted molar refractivity (Wildman–Crippen MR) is 398 cm³/mol. The lowest BCUT2D eigenvalue weighted by Gasteiger charge is -2.28. The smallest absolute Gasteiger partial charge is 0.333 e. The second kappa shape index (κ2) is 67.2. The van der Waals surface area contributed by atoms with Crippen molar-refractivity contribution in [3.63, 3.8) is 0 Å². The van der Waals surface area contributed by atoms with Crippen molar-refractivity contribution in [1.82, 2.24) is 21.3 Å². The van der Waals surface area contributed by atoms with Crippen LogP contribution in [0.15, 0.2) is 24.3 Å². The number of carbonyl (C=O) groups excluding carboxylic acids is 2. The Labute approximate surface area is 564 Å². The lowest BCUT2D eigenvalue weighted by Crippen LogP contribution is -2.25. The van der Waals surface area contributed by atoms with Gasteiger partial charge in [0.25, 0.3) is 0 Å². The van der Waals surface area contributed by atoms with Crippen LogP contribution >= 0.6 is 0 Å². The molecule has 0 aromatic rings. The van der Waals surface area contributed by atoms with Crippen molar-refractivity contribution in [2.24, 2.45) is 22.7 Å². The molecule has 0 heterocycles. The summed E-state index contributed by atoms with van der Waals surface area (Å²) in [6.45, 7) is 34.6. The molecule has 0 amide bonds. The first-order chi connectivity index (χ1) is 43.6. The Morgan fingerprint density at radius 3 is 0.678 bits per heavy atom. The highest BCUT2D eigenvalue weighted by Crippen LogP contribution is 2.32. The maximum atomic E-state index is 11.5. The molecule has 2 atom stereocenters. The number of ether oxygens (including phenoxy) is 2. The highest BCUT2D eigenvalue weighted by atomic mass is 16.5. The molecule has 0 spiro atoms. The van der Waals surface area contributed by atoms with E-state index in [4.69, 9.17) is 9.47 Å². The van der Waals surface area contributed by atoms with E-state index in [1.54, 1.807) is 13.8 Å². The van der Waals surface area contributed by atoms with Gasteiger partial charge in [-0.15, -0.1) is 0 Å². The Morgan fingerprint density at radius 1 is 0.289 bits per heavy atom. The number of nitrogens with one attached hydrogen (secondary N) is 4. The molecule has 4 N–H and O–H groups in total. The van der Waals surface area contributed by atoms with Crippen molar-refractivity contribution in [3.05, 3.63) is 24.3 Å². The molecule has 90 heavy (non-hydrogen) atoms. The zero-order valence-corrected chi connectivity index (χ0v) is 62.5. The number of unbranched alkanes of at least 4 members (excludes halogenated alkanes) is 43. The fraction of sp³-hybridized carbons (Fsp3) is 0.927. The quantitative estimate of drug-likeness (QED) is 0.0272. The van der Waals surface area contributed by atoms with E-state index in [-0.39, 0.29) is 11.9 Å². The van der Waals surface area contributed by atoms with Crippen LogP contribution in [0.4, 0.5) is 0 Å². The molecular weight excluding hydrogens is 1100 g/mol. The van der Waals surface area contributed by atoms with Crippen LogP contribution in [0.2, 0.25) is 0 Å². The van der Waals surface area contributed by atoms with Crippen molar-refractivity contribution in [1.29, 1.82) is 0 Å². The van der Waals surface area contributed by atoms with Crippen molar-refractivity contribution >= 4 is 11.9 Å². The Morgan fingerprint density at radius 2 is 0.467 bits per heavy atom. The zero-order chi connectivity index (χ0) is 66.0. The van der Waals surface area contributed by atoms with Gasteiger partial charge in [-0.05, 0) is 166 Å². The summed E-state index contributed by atoms with van der Waals surface area (Å²) in [6, 6.07) is 0. The van der Waals surface area contributed by atoms with Gasteiger partial charge >= 0.3 is 11.9 Å². The lowest BCUT2D eigenvalue weighted by molar-refractivity contribution is -0.139. The normalized spacial score (nSPS) is 12.7. The van der Waals surface area contributed by atoms with E-state index in [1.165, 1.54) is 354 Å². The number of rotatable bonds is 75. The van der Waals surface area contributed by atoms with Crippen LogP contribution < -0.4 is 21.3 Å². The van der Waals surface area contributed by atoms with E-state index in [2.05, 4.69) is 76.0 Å². The van der Waals surface area contributed by atoms with E-state index >= 15 is 0 Å². The lowest BCUT2D eigenvalue weighted by atomic mass is 9.79. The van der Waals surface area contributed by atoms with Crippen LogP contribution in [-0.2, 0) is 19.1 Å². The zero-order valence-electron chi connectivity index (χ0n) is 62.5. The largest absolute Gasteiger partial charge is 0.462 e. The van der Waals surface area contributed by atoms with E-state index in [0.717, 1.165) is 57.4 Å². The summed E-state index contributed by atoms with van der Waals surface area (Å²) in [5.74, 6) is 0.947. The molecule has 534 valence electrons. The van der Waals surface area contributed by atoms with Crippen molar-refractivity contribution in [3.8, 4) is 0 Å². The summed E-state index contributed by atoms with van der Waals surface area (Å²) in [7, 11) is 0. The number of hydrogen-bond acceptors (Lipinski definition) is 8. The van der Waals surface area contributed by atoms with Crippen LogP contribution in [0.3, 0.4) is 0 Å². The van der Waals surface area contributed by atoms with Crippen LogP contribution in [0.1, 0.15) is 402 Å². The highest BCUT2D eigenvalue weighted by Gasteiger charge is 2.22. The SMILES string of the molecule is C=C(C)C(=O)OCCCNCCCC(C)CC(C)(C)CCNCCCCCCCCCCCCCCCCCCCCCCCCCCCCCCCCCCCCCCCCCCCCCCNCCCC(C)CC(C)(C)CCNCCCOC(=O)C(=C)C. The highest BCUT2D eigenvalue weighted by molar-refractivity contribution is 5.87. The molecule has 0 aromatic heterocycles. The molecule has 0 bridgehead atoms. The average Bonchev–Trinajstić information content (AvgIpc) is 3.70. The van der Waals surface area contributed by atoms with E-state index in [0.29, 0.717) is 35.2 Å². The minimum absolute atomic E-state index is 0.284. The van der Waals surface area contributed by atoms with Gasteiger partial charge in [-0.2, -0.15) is 0 Å². The summed E-state index contributed by atoms with van der Waals surface area (Å²) in [6.07, 6.45) is 75.9. The Bertz CT molecular complexity index is 1550. The number of hydrogen-bond donors (Lipinski definition) is 4. The van der Waals surface area contributed by atoms with Gasteiger partial charge in [0.2, 0.25) is 0 Å². The average molecular weight is 1270 g/mol. The number of esters is 2. The third kappa shape index (κ3) is 69.1. The Hall–Kier alpha value is -1.74. The standard InChI is InChI=1S/C82H162N4O4/c1-75(2)79(87)89-71-57-67-84-66-56-60-78(6)73-81(7,8)61-69-85-64-54-52-50-48-46-44-42-40-38-36-34-32-30-28-26-24-22-20-18-16-14-12-11-13-15-17-19-21-23-25-27-29-31-33-35-37-39-41-43-45-47-49-51-53-63-83-65-55-59-77(5)74-82(9,10)62-70-86-68-58-72-90-80(88)76(3)4/h77-78,83-86H,1,3,11-74H2,2,4-10H3. The minimum Gasteiger partial charge on any atom is -0.462 e. The summed E-state index contributed by atoms with van der Waals surface area (Å²) >= 11 is 0. The first-order valence-electron chi connectivity index (χ1n) is 40.1. The van der Waals surface area contributed by atoms with Gasteiger partial charge in [0.15, 0.2) is 0 Å². The summed E-state index contributed by atoms with van der Waals surface area (Å²) in [5, 5.41) is 14.5. The Balaban J connectivity index is 3.26. The van der Waals surface area contributed by atoms with E-state index in [1.807, 2.05) is 0 Å². The van der Waals surface area contributed by atoms with E-state index in [9.17, 15) is 9.59 Å². The van der Waals surface area contributed by atoms with Gasteiger partial charge in [-0.25, -0.2) is 9.59 Å². The predicted octanol–water partition coefficient (Wildman–Crippen LogP) is 24.0. The molecular formula is C82H162N4O4. The molecule has 0 radical (unpaired) electrons. The molecule has 0 saturated carbocycles. The summed E-state index contributed by atoms with van der Waals surface area (Å²) in [4.78, 5) is 22.9. The molecule has 2 unspecified atom stereocenters. The van der Waals surface area contributed by atoms with Gasteiger partial charge in [-0.3, -0.25) is 0 Å². The monoisotopic (exact) mass is 1270 g/mol. The van der Waals surface area contributed by atoms with E-state index < -0.39 is 0 Å². The summed E-state index contributed by atoms with van der Waals surface area (Å²) in [5.41, 5.74) is 1.68. The van der Waals surface area contributed by atoms with Gasteiger partial charge in [0, 0.05) is 11.1 Å². The minimum atomic E-state index is -0.285. The van der Waals surface area contributed by atoms with Crippen molar-refractivity contribution in [2.75, 3.05) is 65.6 Å². The first-order valence-corrected chi connectivity index (χ1v) is 40.1. The molecule has 0 aliphatic heterocycles. The fourth-order valence-electron chi connectivity index (χ4n) is 13.7. The maximum Gasteiger partial charge on any atom is 0.333 e. The van der Waals surface area contributed by atoms with Gasteiger partial charge < -0.3 is 30.7 Å². The third-order valence-corrected chi connectivity index (χ3v) is 19.5. The van der Waals surface area contributed by atoms with Gasteiger partial charge in [-0.1, -0.05) is 324 Å². The van der Waals surface area contributed by atoms with Gasteiger partial charge in [0.05, 0.1) is 13.2 Å². The molecule has 0 rings (SSSR count). The molecule has 0 aliphatic carbocycles. The molecule has 0 aromatic carbocycles. The van der Waals surface area contributed by atoms with Crippen LogP contribution in [0.5, 0.6) is 0 Å². The summed E-state index contributed by atoms with van der Waals surface area (Å²) < 4.78 is 10.3. The molecule has 0 fully saturated rings. The third-order valence-electron chi connectivity index (χ3n) is 19.5. The van der Waals surface area contributed by atoms with Gasteiger partial charge in [0.1, 0.15) is 0 Å². The van der Waals surface area contributed by atoms with Crippen molar-refractivity contribution in [2.45, 2.75) is 402 Å². The van der Waals surface area contributed by atoms with Crippen LogP contribution in [-0.4, -0.2) is 77.5 Å². The second-order valence-electron chi connectivity index (χ2n) is 30.8. The van der Waals surface area contributed by atoms with Crippen molar-refractivity contribution < 1.29 is 19.1 Å². The molecule has 8 heteroatoms. The topological polar surface area (TPSA) is 101 Å². The van der Waals surface area contributed by atoms with Crippen LogP contribution in [0, 0.1) is 22.7 Å². The molecule has 0 saturated heterocycles. The molecule has 8 nitrogen and oxygen atoms in total. The van der Waals surface area contributed by atoms with Crippen LogP contribution in [0.25, 0.3) is 0 Å². The Kier molecular flexibility index (Phi) is 65.9. The molecule has 0 aliphatic rings. The maximum absolute atomic E-state index is 11.5. The fourth-order valence-corrected chi connectivity index (χ4v) is 13.7. The number of carbonyl (C=O) groups is 2. The first kappa shape index (κ1) is 88.3.